The quantitative estimate of drug-likeness (QED) is 0.569. The molecular weight excluding hydrogens is 412 g/mol. The largest absolute Gasteiger partial charge is 0.490 e. The average Bonchev–Trinajstić information content (AvgIpc) is 2.68. The van der Waals surface area contributed by atoms with Gasteiger partial charge in [-0.05, 0) is 69.7 Å². The number of carbonyl (C=O) groups is 1. The van der Waals surface area contributed by atoms with Crippen molar-refractivity contribution in [2.75, 3.05) is 25.1 Å². The van der Waals surface area contributed by atoms with Gasteiger partial charge in [0.15, 0.2) is 16.6 Å². The first kappa shape index (κ1) is 22.8. The van der Waals surface area contributed by atoms with E-state index in [2.05, 4.69) is 10.6 Å². The monoisotopic (exact) mass is 436 g/mol. The Labute approximate surface area is 181 Å². The van der Waals surface area contributed by atoms with E-state index in [-0.39, 0.29) is 5.11 Å². The maximum absolute atomic E-state index is 12.8. The van der Waals surface area contributed by atoms with Gasteiger partial charge in [-0.3, -0.25) is 10.1 Å². The number of hydrogen-bond acceptors (Lipinski definition) is 5. The molecule has 0 aliphatic carbocycles. The Morgan fingerprint density at radius 2 is 1.62 bits per heavy atom. The number of ether oxygens (including phenoxy) is 3. The van der Waals surface area contributed by atoms with E-state index in [0.29, 0.717) is 47.7 Å². The van der Waals surface area contributed by atoms with E-state index in [9.17, 15) is 4.79 Å². The summed E-state index contributed by atoms with van der Waals surface area (Å²) in [6.45, 7) is 8.73. The van der Waals surface area contributed by atoms with Crippen LogP contribution in [0.5, 0.6) is 17.2 Å². The van der Waals surface area contributed by atoms with Crippen molar-refractivity contribution in [1.82, 2.24) is 5.32 Å². The molecule has 2 rings (SSSR count). The number of rotatable bonds is 8. The molecule has 0 saturated heterocycles. The number of halogens is 1. The van der Waals surface area contributed by atoms with E-state index in [1.807, 2.05) is 33.8 Å². The third-order valence-corrected chi connectivity index (χ3v) is 4.53. The van der Waals surface area contributed by atoms with E-state index in [0.717, 1.165) is 11.3 Å². The number of thiocarbonyl (C=S) groups is 1. The summed E-state index contributed by atoms with van der Waals surface area (Å²) >= 11 is 11.4. The molecule has 0 bridgehead atoms. The third-order valence-electron chi connectivity index (χ3n) is 3.91. The van der Waals surface area contributed by atoms with Crippen LogP contribution in [0.25, 0.3) is 0 Å². The van der Waals surface area contributed by atoms with Crippen LogP contribution < -0.4 is 24.8 Å². The maximum Gasteiger partial charge on any atom is 0.257 e. The molecular formula is C21H25ClN2O4S. The Kier molecular flexibility index (Phi) is 8.54. The van der Waals surface area contributed by atoms with Crippen LogP contribution >= 0.6 is 23.8 Å². The van der Waals surface area contributed by atoms with E-state index in [1.54, 1.807) is 24.3 Å². The first-order valence-corrected chi connectivity index (χ1v) is 10.1. The summed E-state index contributed by atoms with van der Waals surface area (Å²) in [6.07, 6.45) is 0. The summed E-state index contributed by atoms with van der Waals surface area (Å²) in [5.41, 5.74) is 1.90. The van der Waals surface area contributed by atoms with Gasteiger partial charge in [0.25, 0.3) is 5.91 Å². The minimum Gasteiger partial charge on any atom is -0.490 e. The van der Waals surface area contributed by atoms with E-state index < -0.39 is 5.91 Å². The highest BCUT2D eigenvalue weighted by Gasteiger charge is 2.19. The van der Waals surface area contributed by atoms with Gasteiger partial charge in [0.05, 0.1) is 19.8 Å². The Morgan fingerprint density at radius 3 is 2.17 bits per heavy atom. The second-order valence-electron chi connectivity index (χ2n) is 5.92. The molecule has 2 aromatic rings. The highest BCUT2D eigenvalue weighted by molar-refractivity contribution is 7.80. The number of amides is 1. The molecule has 0 unspecified atom stereocenters. The van der Waals surface area contributed by atoms with Crippen LogP contribution in [0.2, 0.25) is 5.02 Å². The van der Waals surface area contributed by atoms with Gasteiger partial charge in [0.2, 0.25) is 5.75 Å². The van der Waals surface area contributed by atoms with Crippen molar-refractivity contribution in [2.24, 2.45) is 0 Å². The van der Waals surface area contributed by atoms with Crippen molar-refractivity contribution >= 4 is 40.5 Å². The fourth-order valence-electron chi connectivity index (χ4n) is 2.59. The molecule has 0 aliphatic rings. The van der Waals surface area contributed by atoms with Crippen LogP contribution in [0.1, 0.15) is 36.7 Å². The summed E-state index contributed by atoms with van der Waals surface area (Å²) in [7, 11) is 0. The lowest BCUT2D eigenvalue weighted by Crippen LogP contribution is -2.34. The molecule has 8 heteroatoms. The standard InChI is InChI=1S/C21H25ClN2O4S/c1-5-26-17-11-14(12-18(27-6-2)19(17)28-7-3)20(25)24-21(29)23-16-10-8-9-15(22)13(16)4/h8-12H,5-7H2,1-4H3,(H2,23,24,25,29). The SMILES string of the molecule is CCOc1cc(C(=O)NC(=S)Nc2cccc(Cl)c2C)cc(OCC)c1OCC. The van der Waals surface area contributed by atoms with Crippen molar-refractivity contribution < 1.29 is 19.0 Å². The van der Waals surface area contributed by atoms with Crippen LogP contribution in [-0.4, -0.2) is 30.8 Å². The van der Waals surface area contributed by atoms with Gasteiger partial charge in [-0.2, -0.15) is 0 Å². The third kappa shape index (κ3) is 5.98. The van der Waals surface area contributed by atoms with Crippen molar-refractivity contribution in [1.29, 1.82) is 0 Å². The maximum atomic E-state index is 12.8. The first-order chi connectivity index (χ1) is 13.9. The van der Waals surface area contributed by atoms with Crippen LogP contribution in [0.15, 0.2) is 30.3 Å². The van der Waals surface area contributed by atoms with E-state index in [4.69, 9.17) is 38.0 Å². The van der Waals surface area contributed by atoms with Gasteiger partial charge in [-0.1, -0.05) is 17.7 Å². The molecule has 1 amide bonds. The molecule has 2 aromatic carbocycles. The number of benzene rings is 2. The fraction of sp³-hybridized carbons (Fsp3) is 0.333. The highest BCUT2D eigenvalue weighted by Crippen LogP contribution is 2.39. The zero-order valence-corrected chi connectivity index (χ0v) is 18.5. The fourth-order valence-corrected chi connectivity index (χ4v) is 2.97. The number of anilines is 1. The van der Waals surface area contributed by atoms with Gasteiger partial charge in [-0.25, -0.2) is 0 Å². The summed E-state index contributed by atoms with van der Waals surface area (Å²) in [5, 5.41) is 6.43. The Morgan fingerprint density at radius 1 is 1.03 bits per heavy atom. The number of hydrogen-bond donors (Lipinski definition) is 2. The Hall–Kier alpha value is -2.51. The summed E-state index contributed by atoms with van der Waals surface area (Å²) < 4.78 is 17.0. The molecule has 0 fully saturated rings. The molecule has 6 nitrogen and oxygen atoms in total. The van der Waals surface area contributed by atoms with Gasteiger partial charge in [0, 0.05) is 16.3 Å². The molecule has 29 heavy (non-hydrogen) atoms. The predicted octanol–water partition coefficient (Wildman–Crippen LogP) is 4.97. The highest BCUT2D eigenvalue weighted by atomic mass is 35.5. The number of nitrogens with one attached hydrogen (secondary N) is 2. The summed E-state index contributed by atoms with van der Waals surface area (Å²) in [5.74, 6) is 0.958. The van der Waals surface area contributed by atoms with Gasteiger partial charge in [-0.15, -0.1) is 0 Å². The minimum absolute atomic E-state index is 0.158. The topological polar surface area (TPSA) is 68.8 Å². The first-order valence-electron chi connectivity index (χ1n) is 9.35. The van der Waals surface area contributed by atoms with Crippen molar-refractivity contribution in [2.45, 2.75) is 27.7 Å². The Bertz CT molecular complexity index is 862. The smallest absolute Gasteiger partial charge is 0.257 e. The molecule has 0 radical (unpaired) electrons. The second-order valence-corrected chi connectivity index (χ2v) is 6.74. The van der Waals surface area contributed by atoms with Crippen LogP contribution in [0.3, 0.4) is 0 Å². The summed E-state index contributed by atoms with van der Waals surface area (Å²) in [4.78, 5) is 12.8. The normalized spacial score (nSPS) is 10.2. The van der Waals surface area contributed by atoms with E-state index >= 15 is 0 Å². The van der Waals surface area contributed by atoms with Crippen molar-refractivity contribution in [3.05, 3.63) is 46.5 Å². The predicted molar refractivity (Wildman–Crippen MR) is 120 cm³/mol. The molecule has 0 spiro atoms. The van der Waals surface area contributed by atoms with Gasteiger partial charge < -0.3 is 19.5 Å². The van der Waals surface area contributed by atoms with Crippen LogP contribution in [-0.2, 0) is 0 Å². The lowest BCUT2D eigenvalue weighted by atomic mass is 10.1. The molecule has 0 heterocycles. The molecule has 0 aliphatic heterocycles. The van der Waals surface area contributed by atoms with Crippen LogP contribution in [0.4, 0.5) is 5.69 Å². The Balaban J connectivity index is 2.24. The zero-order valence-electron chi connectivity index (χ0n) is 16.9. The lowest BCUT2D eigenvalue weighted by molar-refractivity contribution is 0.0976. The molecule has 156 valence electrons. The van der Waals surface area contributed by atoms with Gasteiger partial charge in [0.1, 0.15) is 0 Å². The molecule has 2 N–H and O–H groups in total. The molecule has 0 atom stereocenters. The van der Waals surface area contributed by atoms with Crippen molar-refractivity contribution in [3.63, 3.8) is 0 Å². The summed E-state index contributed by atoms with van der Waals surface area (Å²) in [6, 6.07) is 8.64. The van der Waals surface area contributed by atoms with Gasteiger partial charge >= 0.3 is 0 Å². The lowest BCUT2D eigenvalue weighted by Gasteiger charge is -2.17. The van der Waals surface area contributed by atoms with Crippen LogP contribution in [0, 0.1) is 6.92 Å². The molecule has 0 saturated carbocycles. The second kappa shape index (κ2) is 10.9. The van der Waals surface area contributed by atoms with Crippen molar-refractivity contribution in [3.8, 4) is 17.2 Å². The number of carbonyl (C=O) groups excluding carboxylic acids is 1. The average molecular weight is 437 g/mol. The minimum atomic E-state index is -0.396. The zero-order chi connectivity index (χ0) is 21.4. The van der Waals surface area contributed by atoms with E-state index in [1.165, 1.54) is 0 Å². The molecule has 0 aromatic heterocycles.